The van der Waals surface area contributed by atoms with E-state index in [0.717, 1.165) is 11.5 Å². The Kier molecular flexibility index (Phi) is 5.42. The van der Waals surface area contributed by atoms with Crippen LogP contribution in [0.4, 0.5) is 0 Å². The summed E-state index contributed by atoms with van der Waals surface area (Å²) in [6.45, 7) is 0. The van der Waals surface area contributed by atoms with Crippen LogP contribution in [0.5, 0.6) is 0 Å². The number of rotatable bonds is 5. The third-order valence-corrected chi connectivity index (χ3v) is 1.49. The first-order chi connectivity index (χ1) is 4.74. The van der Waals surface area contributed by atoms with Crippen molar-refractivity contribution >= 4 is 17.7 Å². The monoisotopic (exact) mass is 140 g/mol. The number of methoxy groups -OCH3 is 3. The summed E-state index contributed by atoms with van der Waals surface area (Å²) in [7, 11) is 4.72. The van der Waals surface area contributed by atoms with Crippen molar-refractivity contribution in [3.63, 3.8) is 0 Å². The Morgan fingerprint density at radius 1 is 1.10 bits per heavy atom. The minimum atomic E-state index is -0.825. The molecule has 0 N–H and O–H groups in total. The van der Waals surface area contributed by atoms with Crippen LogP contribution in [-0.4, -0.2) is 45.0 Å². The van der Waals surface area contributed by atoms with Crippen LogP contribution in [0.1, 0.15) is 6.42 Å². The van der Waals surface area contributed by atoms with E-state index < -0.39 is 5.97 Å². The fourth-order valence-electron chi connectivity index (χ4n) is 0.862. The average molecular weight is 140 g/mol. The Morgan fingerprint density at radius 3 is 1.60 bits per heavy atom. The van der Waals surface area contributed by atoms with Crippen molar-refractivity contribution in [2.24, 2.45) is 0 Å². The van der Waals surface area contributed by atoms with Gasteiger partial charge in [-0.05, 0) is 0 Å². The molecule has 0 aliphatic rings. The third-order valence-electron chi connectivity index (χ3n) is 1.49. The van der Waals surface area contributed by atoms with Gasteiger partial charge in [-0.1, -0.05) is 0 Å². The molecule has 56 valence electrons. The van der Waals surface area contributed by atoms with Gasteiger partial charge in [-0.2, -0.15) is 0 Å². The molecule has 0 spiro atoms. The SMILES string of the molecule is [Li][CH2]CC(OC)(OC)OC. The summed E-state index contributed by atoms with van der Waals surface area (Å²) in [5, 5.41) is 0.968. The van der Waals surface area contributed by atoms with Crippen LogP contribution in [0.25, 0.3) is 0 Å². The molecule has 0 atom stereocenters. The molecule has 0 aliphatic carbocycles. The van der Waals surface area contributed by atoms with Crippen molar-refractivity contribution < 1.29 is 14.2 Å². The van der Waals surface area contributed by atoms with Crippen LogP contribution in [-0.2, 0) is 14.2 Å². The van der Waals surface area contributed by atoms with Crippen molar-refractivity contribution in [1.82, 2.24) is 0 Å². The summed E-state index contributed by atoms with van der Waals surface area (Å²) in [6.07, 6.45) is 0.747. The van der Waals surface area contributed by atoms with Crippen LogP contribution in [0, 0.1) is 0 Å². The van der Waals surface area contributed by atoms with E-state index >= 15 is 0 Å². The second-order valence-electron chi connectivity index (χ2n) is 2.05. The van der Waals surface area contributed by atoms with Gasteiger partial charge in [0.15, 0.2) is 0 Å². The summed E-state index contributed by atoms with van der Waals surface area (Å²) >= 11 is 2.05. The zero-order chi connectivity index (χ0) is 8.04. The van der Waals surface area contributed by atoms with Crippen molar-refractivity contribution in [2.45, 2.75) is 17.5 Å². The number of hydrogen-bond donors (Lipinski definition) is 0. The first kappa shape index (κ1) is 10.5. The average Bonchev–Trinajstić information content (AvgIpc) is 2.01. The van der Waals surface area contributed by atoms with Gasteiger partial charge in [0.25, 0.3) is 0 Å². The second kappa shape index (κ2) is 5.17. The first-order valence-corrected chi connectivity index (χ1v) is 3.40. The first-order valence-electron chi connectivity index (χ1n) is 3.40. The van der Waals surface area contributed by atoms with Crippen molar-refractivity contribution in [1.29, 1.82) is 0 Å². The molecule has 10 heavy (non-hydrogen) atoms. The Labute approximate surface area is 71.2 Å². The zero-order valence-corrected chi connectivity index (χ0v) is 7.14. The molecule has 0 unspecified atom stereocenters. The van der Waals surface area contributed by atoms with Crippen LogP contribution in [0.3, 0.4) is 0 Å². The maximum absolute atomic E-state index is 5.03. The van der Waals surface area contributed by atoms with E-state index in [9.17, 15) is 0 Å². The molecule has 0 rings (SSSR count). The van der Waals surface area contributed by atoms with Crippen LogP contribution < -0.4 is 0 Å². The van der Waals surface area contributed by atoms with E-state index in [-0.39, 0.29) is 0 Å². The van der Waals surface area contributed by atoms with Gasteiger partial charge < -0.3 is 0 Å². The summed E-state index contributed by atoms with van der Waals surface area (Å²) < 4.78 is 15.1. The molecule has 0 saturated carbocycles. The second-order valence-corrected chi connectivity index (χ2v) is 2.05. The molecule has 0 aliphatic heterocycles. The fraction of sp³-hybridized carbons (Fsp3) is 1.00. The van der Waals surface area contributed by atoms with E-state index in [2.05, 4.69) is 0 Å². The van der Waals surface area contributed by atoms with Crippen molar-refractivity contribution in [3.05, 3.63) is 0 Å². The van der Waals surface area contributed by atoms with Gasteiger partial charge in [0.2, 0.25) is 0 Å². The van der Waals surface area contributed by atoms with Crippen molar-refractivity contribution in [3.8, 4) is 0 Å². The number of hydrogen-bond acceptors (Lipinski definition) is 3. The molecule has 0 heterocycles. The summed E-state index contributed by atoms with van der Waals surface area (Å²) in [6, 6.07) is 0. The molecule has 0 aromatic carbocycles. The van der Waals surface area contributed by atoms with Gasteiger partial charge in [-0.3, -0.25) is 0 Å². The number of ether oxygens (including phenoxy) is 3. The Bertz CT molecular complexity index is 74.8. The van der Waals surface area contributed by atoms with E-state index in [0.29, 0.717) is 0 Å². The predicted molar refractivity (Wildman–Crippen MR) is 38.9 cm³/mol. The molecule has 3 nitrogen and oxygen atoms in total. The van der Waals surface area contributed by atoms with Gasteiger partial charge in [0.1, 0.15) is 0 Å². The molecule has 4 heteroatoms. The van der Waals surface area contributed by atoms with Gasteiger partial charge in [-0.25, -0.2) is 0 Å². The molecule has 0 radical (unpaired) electrons. The van der Waals surface area contributed by atoms with E-state index in [1.54, 1.807) is 21.3 Å². The van der Waals surface area contributed by atoms with E-state index in [1.807, 2.05) is 17.7 Å². The fourth-order valence-corrected chi connectivity index (χ4v) is 0.862. The molecule has 0 aromatic heterocycles. The maximum atomic E-state index is 5.03. The van der Waals surface area contributed by atoms with E-state index in [4.69, 9.17) is 14.2 Å². The van der Waals surface area contributed by atoms with Gasteiger partial charge in [-0.15, -0.1) is 0 Å². The molecular weight excluding hydrogens is 127 g/mol. The quantitative estimate of drug-likeness (QED) is 0.412. The Morgan fingerprint density at radius 2 is 1.50 bits per heavy atom. The molecular formula is C6H13LiO3. The molecule has 0 aromatic rings. The topological polar surface area (TPSA) is 27.7 Å². The Hall–Kier alpha value is 0.477. The van der Waals surface area contributed by atoms with Gasteiger partial charge in [0, 0.05) is 0 Å². The summed E-state index contributed by atoms with van der Waals surface area (Å²) in [5.74, 6) is -0.825. The van der Waals surface area contributed by atoms with Crippen LogP contribution in [0.15, 0.2) is 0 Å². The summed E-state index contributed by atoms with van der Waals surface area (Å²) in [4.78, 5) is 0. The molecule has 0 fully saturated rings. The molecule has 0 saturated heterocycles. The predicted octanol–water partition coefficient (Wildman–Crippen LogP) is 0.556. The third kappa shape index (κ3) is 2.61. The molecule has 0 bridgehead atoms. The zero-order valence-electron chi connectivity index (χ0n) is 7.14. The standard InChI is InChI=1S/C6H13O3.Li/c1-5-6(7-2,8-3)9-4;/h1,5H2,2-4H3;. The van der Waals surface area contributed by atoms with Gasteiger partial charge in [0.05, 0.1) is 0 Å². The van der Waals surface area contributed by atoms with E-state index in [1.165, 1.54) is 0 Å². The minimum absolute atomic E-state index is 0.747. The van der Waals surface area contributed by atoms with Gasteiger partial charge >= 0.3 is 70.7 Å². The van der Waals surface area contributed by atoms with Crippen LogP contribution >= 0.6 is 0 Å². The summed E-state index contributed by atoms with van der Waals surface area (Å²) in [5.41, 5.74) is 0. The Balaban J connectivity index is 3.87. The van der Waals surface area contributed by atoms with Crippen LogP contribution in [0.2, 0.25) is 5.09 Å². The normalized spacial score (nSPS) is 12.1. The van der Waals surface area contributed by atoms with Crippen molar-refractivity contribution in [2.75, 3.05) is 21.3 Å². The molecule has 0 amide bonds.